The molecular weight excluding hydrogens is 276 g/mol. The first kappa shape index (κ1) is 14.2. The number of thiophene rings is 1. The van der Waals surface area contributed by atoms with Crippen LogP contribution >= 0.6 is 11.3 Å². The third kappa shape index (κ3) is 3.64. The number of carbonyl (C=O) groups excluding carboxylic acids is 1. The van der Waals surface area contributed by atoms with Gasteiger partial charge in [0.05, 0.1) is 5.00 Å². The van der Waals surface area contributed by atoms with Gasteiger partial charge in [-0.3, -0.25) is 9.78 Å². The fraction of sp³-hybridized carbons (Fsp3) is 0.214. The van der Waals surface area contributed by atoms with E-state index in [2.05, 4.69) is 10.3 Å². The Bertz CT molecular complexity index is 623. The lowest BCUT2D eigenvalue weighted by molar-refractivity contribution is -0.116. The summed E-state index contributed by atoms with van der Waals surface area (Å²) in [6, 6.07) is 5.42. The minimum absolute atomic E-state index is 0.132. The first-order valence-electron chi connectivity index (χ1n) is 6.08. The molecule has 0 saturated heterocycles. The van der Waals surface area contributed by atoms with Crippen LogP contribution in [0.3, 0.4) is 0 Å². The predicted molar refractivity (Wildman–Crippen MR) is 77.2 cm³/mol. The lowest BCUT2D eigenvalue weighted by Crippen LogP contribution is -2.11. The minimum atomic E-state index is -0.969. The fourth-order valence-electron chi connectivity index (χ4n) is 1.76. The molecule has 0 aliphatic heterocycles. The molecule has 0 bridgehead atoms. The average molecular weight is 290 g/mol. The van der Waals surface area contributed by atoms with Gasteiger partial charge >= 0.3 is 5.97 Å². The largest absolute Gasteiger partial charge is 0.477 e. The van der Waals surface area contributed by atoms with Crippen molar-refractivity contribution in [1.82, 2.24) is 4.98 Å². The van der Waals surface area contributed by atoms with Gasteiger partial charge in [-0.25, -0.2) is 4.79 Å². The molecule has 6 heteroatoms. The SMILES string of the molecule is Cc1cc(NC(=O)CCc2cccnc2)sc1C(=O)O. The Morgan fingerprint density at radius 2 is 2.25 bits per heavy atom. The van der Waals surface area contributed by atoms with E-state index in [9.17, 15) is 9.59 Å². The summed E-state index contributed by atoms with van der Waals surface area (Å²) in [6.45, 7) is 1.71. The number of aryl methyl sites for hydroxylation is 2. The molecule has 0 aliphatic rings. The second kappa shape index (κ2) is 6.29. The molecule has 20 heavy (non-hydrogen) atoms. The monoisotopic (exact) mass is 290 g/mol. The Balaban J connectivity index is 1.92. The molecule has 2 aromatic rings. The number of carboxylic acid groups (broad SMARTS) is 1. The zero-order valence-corrected chi connectivity index (χ0v) is 11.7. The third-order valence-corrected chi connectivity index (χ3v) is 3.88. The molecule has 0 saturated carbocycles. The number of carbonyl (C=O) groups is 2. The van der Waals surface area contributed by atoms with E-state index in [1.165, 1.54) is 0 Å². The van der Waals surface area contributed by atoms with Gasteiger partial charge in [0.1, 0.15) is 4.88 Å². The van der Waals surface area contributed by atoms with E-state index in [1.54, 1.807) is 25.4 Å². The highest BCUT2D eigenvalue weighted by molar-refractivity contribution is 7.18. The summed E-state index contributed by atoms with van der Waals surface area (Å²) in [6.07, 6.45) is 4.36. The summed E-state index contributed by atoms with van der Waals surface area (Å²) in [5.41, 5.74) is 1.65. The van der Waals surface area contributed by atoms with E-state index in [0.29, 0.717) is 23.4 Å². The smallest absolute Gasteiger partial charge is 0.346 e. The summed E-state index contributed by atoms with van der Waals surface area (Å²) in [5.74, 6) is -1.10. The summed E-state index contributed by atoms with van der Waals surface area (Å²) in [4.78, 5) is 27.0. The van der Waals surface area contributed by atoms with Crippen molar-refractivity contribution in [2.45, 2.75) is 19.8 Å². The Kier molecular flexibility index (Phi) is 4.47. The Morgan fingerprint density at radius 3 is 2.85 bits per heavy atom. The lowest BCUT2D eigenvalue weighted by atomic mass is 10.1. The van der Waals surface area contributed by atoms with Crippen LogP contribution in [0, 0.1) is 6.92 Å². The molecule has 0 unspecified atom stereocenters. The molecule has 104 valence electrons. The van der Waals surface area contributed by atoms with Gasteiger partial charge in [0, 0.05) is 18.8 Å². The Hall–Kier alpha value is -2.21. The molecule has 0 aromatic carbocycles. The maximum atomic E-state index is 11.8. The van der Waals surface area contributed by atoms with Crippen molar-refractivity contribution in [2.24, 2.45) is 0 Å². The van der Waals surface area contributed by atoms with Crippen LogP contribution in [-0.2, 0) is 11.2 Å². The molecule has 0 spiro atoms. The van der Waals surface area contributed by atoms with Gasteiger partial charge < -0.3 is 10.4 Å². The number of amides is 1. The van der Waals surface area contributed by atoms with Crippen molar-refractivity contribution >= 4 is 28.2 Å². The number of aromatic carboxylic acids is 1. The zero-order chi connectivity index (χ0) is 14.5. The average Bonchev–Trinajstić information content (AvgIpc) is 2.78. The maximum absolute atomic E-state index is 11.8. The van der Waals surface area contributed by atoms with Crippen LogP contribution in [0.4, 0.5) is 5.00 Å². The molecular formula is C14H14N2O3S. The molecule has 0 atom stereocenters. The van der Waals surface area contributed by atoms with Gasteiger partial charge in [-0.1, -0.05) is 6.07 Å². The molecule has 5 nitrogen and oxygen atoms in total. The van der Waals surface area contributed by atoms with Crippen LogP contribution in [0.2, 0.25) is 0 Å². The molecule has 2 aromatic heterocycles. The predicted octanol–water partition coefficient (Wildman–Crippen LogP) is 2.72. The van der Waals surface area contributed by atoms with Crippen molar-refractivity contribution in [3.05, 3.63) is 46.6 Å². The number of rotatable bonds is 5. The number of anilines is 1. The van der Waals surface area contributed by atoms with E-state index in [-0.39, 0.29) is 10.8 Å². The van der Waals surface area contributed by atoms with Gasteiger partial charge in [-0.2, -0.15) is 0 Å². The highest BCUT2D eigenvalue weighted by Crippen LogP contribution is 2.26. The Labute approximate surface area is 120 Å². The standard InChI is InChI=1S/C14H14N2O3S/c1-9-7-12(20-13(9)14(18)19)16-11(17)5-4-10-3-2-6-15-8-10/h2-3,6-8H,4-5H2,1H3,(H,16,17)(H,18,19). The van der Waals surface area contributed by atoms with Gasteiger partial charge in [-0.15, -0.1) is 11.3 Å². The van der Waals surface area contributed by atoms with E-state index in [4.69, 9.17) is 5.11 Å². The summed E-state index contributed by atoms with van der Waals surface area (Å²) in [5, 5.41) is 12.2. The van der Waals surface area contributed by atoms with Gasteiger partial charge in [0.25, 0.3) is 0 Å². The van der Waals surface area contributed by atoms with Crippen LogP contribution in [0.1, 0.15) is 27.2 Å². The van der Waals surface area contributed by atoms with E-state index >= 15 is 0 Å². The number of carboxylic acids is 1. The van der Waals surface area contributed by atoms with Crippen molar-refractivity contribution in [3.63, 3.8) is 0 Å². The van der Waals surface area contributed by atoms with Crippen LogP contribution in [-0.4, -0.2) is 22.0 Å². The summed E-state index contributed by atoms with van der Waals surface area (Å²) in [7, 11) is 0. The minimum Gasteiger partial charge on any atom is -0.477 e. The molecule has 1 amide bonds. The van der Waals surface area contributed by atoms with Gasteiger partial charge in [-0.05, 0) is 36.6 Å². The van der Waals surface area contributed by atoms with Crippen LogP contribution < -0.4 is 5.32 Å². The topological polar surface area (TPSA) is 79.3 Å². The summed E-state index contributed by atoms with van der Waals surface area (Å²) < 4.78 is 0. The number of hydrogen-bond acceptors (Lipinski definition) is 4. The lowest BCUT2D eigenvalue weighted by Gasteiger charge is -2.02. The maximum Gasteiger partial charge on any atom is 0.346 e. The second-order valence-corrected chi connectivity index (χ2v) is 5.39. The number of pyridine rings is 1. The van der Waals surface area contributed by atoms with Crippen LogP contribution in [0.15, 0.2) is 30.6 Å². The van der Waals surface area contributed by atoms with Crippen LogP contribution in [0.25, 0.3) is 0 Å². The fourth-order valence-corrected chi connectivity index (χ4v) is 2.69. The van der Waals surface area contributed by atoms with Crippen molar-refractivity contribution in [3.8, 4) is 0 Å². The van der Waals surface area contributed by atoms with Crippen LogP contribution in [0.5, 0.6) is 0 Å². The van der Waals surface area contributed by atoms with Crippen molar-refractivity contribution in [2.75, 3.05) is 5.32 Å². The third-order valence-electron chi connectivity index (χ3n) is 2.74. The van der Waals surface area contributed by atoms with Gasteiger partial charge in [0.15, 0.2) is 0 Å². The number of hydrogen-bond donors (Lipinski definition) is 2. The van der Waals surface area contributed by atoms with Crippen molar-refractivity contribution in [1.29, 1.82) is 0 Å². The number of nitrogens with zero attached hydrogens (tertiary/aromatic N) is 1. The number of nitrogens with one attached hydrogen (secondary N) is 1. The van der Waals surface area contributed by atoms with Crippen molar-refractivity contribution < 1.29 is 14.7 Å². The highest BCUT2D eigenvalue weighted by atomic mass is 32.1. The Morgan fingerprint density at radius 1 is 1.45 bits per heavy atom. The molecule has 0 aliphatic carbocycles. The molecule has 2 heterocycles. The first-order chi connectivity index (χ1) is 9.56. The normalized spacial score (nSPS) is 10.2. The molecule has 2 N–H and O–H groups in total. The summed E-state index contributed by atoms with van der Waals surface area (Å²) >= 11 is 1.07. The highest BCUT2D eigenvalue weighted by Gasteiger charge is 2.13. The quantitative estimate of drug-likeness (QED) is 0.887. The number of aromatic nitrogens is 1. The van der Waals surface area contributed by atoms with Gasteiger partial charge in [0.2, 0.25) is 5.91 Å². The second-order valence-electron chi connectivity index (χ2n) is 4.34. The zero-order valence-electron chi connectivity index (χ0n) is 10.9. The first-order valence-corrected chi connectivity index (χ1v) is 6.90. The van der Waals surface area contributed by atoms with E-state index in [1.807, 2.05) is 12.1 Å². The van der Waals surface area contributed by atoms with E-state index < -0.39 is 5.97 Å². The molecule has 0 radical (unpaired) electrons. The molecule has 0 fully saturated rings. The van der Waals surface area contributed by atoms with E-state index in [0.717, 1.165) is 16.9 Å². The molecule has 2 rings (SSSR count).